The average Bonchev–Trinajstić information content (AvgIpc) is 3.23. The number of ether oxygens (including phenoxy) is 4. The maximum atomic E-state index is 12.9. The summed E-state index contributed by atoms with van der Waals surface area (Å²) >= 11 is 0. The van der Waals surface area contributed by atoms with Crippen molar-refractivity contribution in [3.63, 3.8) is 0 Å². The number of amides is 1. The molecule has 148 valence electrons. The Hall–Kier alpha value is -2.93. The number of piperazine rings is 1. The summed E-state index contributed by atoms with van der Waals surface area (Å²) in [7, 11) is 3.16. The minimum absolute atomic E-state index is 0.0171. The predicted molar refractivity (Wildman–Crippen MR) is 103 cm³/mol. The summed E-state index contributed by atoms with van der Waals surface area (Å²) in [5.41, 5.74) is 1.68. The molecule has 7 heteroatoms. The summed E-state index contributed by atoms with van der Waals surface area (Å²) in [5, 5.41) is 0. The van der Waals surface area contributed by atoms with Gasteiger partial charge in [0.25, 0.3) is 5.91 Å². The van der Waals surface area contributed by atoms with Crippen LogP contribution in [0.4, 0.5) is 0 Å². The fraction of sp³-hybridized carbons (Fsp3) is 0.381. The molecule has 2 aromatic rings. The lowest BCUT2D eigenvalue weighted by atomic mass is 10.1. The van der Waals surface area contributed by atoms with Crippen LogP contribution in [-0.4, -0.2) is 62.9 Å². The number of carbonyl (C=O) groups excluding carboxylic acids is 1. The Labute approximate surface area is 164 Å². The van der Waals surface area contributed by atoms with Crippen LogP contribution in [0.25, 0.3) is 0 Å². The van der Waals surface area contributed by atoms with E-state index in [9.17, 15) is 4.79 Å². The van der Waals surface area contributed by atoms with E-state index in [1.54, 1.807) is 32.4 Å². The molecule has 2 heterocycles. The first kappa shape index (κ1) is 18.4. The first-order valence-corrected chi connectivity index (χ1v) is 9.30. The molecule has 4 rings (SSSR count). The lowest BCUT2D eigenvalue weighted by Gasteiger charge is -2.35. The zero-order valence-electron chi connectivity index (χ0n) is 16.1. The van der Waals surface area contributed by atoms with Crippen LogP contribution in [0.3, 0.4) is 0 Å². The third-order valence-electron chi connectivity index (χ3n) is 5.17. The molecule has 2 aliphatic heterocycles. The molecule has 2 aliphatic rings. The molecule has 0 atom stereocenters. The number of nitrogens with zero attached hydrogens (tertiary/aromatic N) is 2. The minimum Gasteiger partial charge on any atom is -0.497 e. The highest BCUT2D eigenvalue weighted by Gasteiger charge is 2.26. The third kappa shape index (κ3) is 3.57. The number of carbonyl (C=O) groups is 1. The molecular weight excluding hydrogens is 360 g/mol. The quantitative estimate of drug-likeness (QED) is 0.789. The van der Waals surface area contributed by atoms with Gasteiger partial charge in [0.15, 0.2) is 11.5 Å². The van der Waals surface area contributed by atoms with Crippen molar-refractivity contribution in [2.75, 3.05) is 47.2 Å². The van der Waals surface area contributed by atoms with Gasteiger partial charge in [-0.15, -0.1) is 0 Å². The molecule has 1 fully saturated rings. The Morgan fingerprint density at radius 3 is 2.61 bits per heavy atom. The zero-order chi connectivity index (χ0) is 19.5. The van der Waals surface area contributed by atoms with Crippen molar-refractivity contribution < 1.29 is 23.7 Å². The summed E-state index contributed by atoms with van der Waals surface area (Å²) in [5.74, 6) is 2.82. The molecule has 0 aromatic heterocycles. The van der Waals surface area contributed by atoms with E-state index in [4.69, 9.17) is 18.9 Å². The second-order valence-corrected chi connectivity index (χ2v) is 6.79. The molecule has 0 bridgehead atoms. The molecule has 0 aliphatic carbocycles. The van der Waals surface area contributed by atoms with Crippen LogP contribution in [0.5, 0.6) is 23.0 Å². The smallest absolute Gasteiger partial charge is 0.257 e. The van der Waals surface area contributed by atoms with Crippen molar-refractivity contribution in [1.82, 2.24) is 9.80 Å². The third-order valence-corrected chi connectivity index (χ3v) is 5.17. The van der Waals surface area contributed by atoms with Crippen molar-refractivity contribution >= 4 is 5.91 Å². The van der Waals surface area contributed by atoms with E-state index in [2.05, 4.69) is 11.0 Å². The topological polar surface area (TPSA) is 60.5 Å². The summed E-state index contributed by atoms with van der Waals surface area (Å²) in [6.45, 7) is 3.99. The molecule has 2 aromatic carbocycles. The average molecular weight is 384 g/mol. The van der Waals surface area contributed by atoms with Crippen LogP contribution in [-0.2, 0) is 6.54 Å². The second-order valence-electron chi connectivity index (χ2n) is 6.79. The predicted octanol–water partition coefficient (Wildman–Crippen LogP) is 2.39. The summed E-state index contributed by atoms with van der Waals surface area (Å²) < 4.78 is 21.6. The maximum absolute atomic E-state index is 12.9. The molecular formula is C21H24N2O5. The molecule has 0 spiro atoms. The van der Waals surface area contributed by atoms with Crippen LogP contribution in [0.1, 0.15) is 15.9 Å². The van der Waals surface area contributed by atoms with Crippen molar-refractivity contribution in [2.45, 2.75) is 6.54 Å². The molecule has 0 unspecified atom stereocenters. The molecule has 1 saturated heterocycles. The number of rotatable bonds is 5. The molecule has 0 radical (unpaired) electrons. The highest BCUT2D eigenvalue weighted by atomic mass is 16.7. The number of hydrogen-bond donors (Lipinski definition) is 0. The summed E-state index contributed by atoms with van der Waals surface area (Å²) in [6.07, 6.45) is 0. The second kappa shape index (κ2) is 7.98. The largest absolute Gasteiger partial charge is 0.497 e. The van der Waals surface area contributed by atoms with Gasteiger partial charge in [-0.2, -0.15) is 0 Å². The van der Waals surface area contributed by atoms with Crippen molar-refractivity contribution in [2.24, 2.45) is 0 Å². The Balaban J connectivity index is 1.39. The number of hydrogen-bond acceptors (Lipinski definition) is 6. The van der Waals surface area contributed by atoms with Crippen LogP contribution >= 0.6 is 0 Å². The fourth-order valence-electron chi connectivity index (χ4n) is 3.61. The molecule has 7 nitrogen and oxygen atoms in total. The number of methoxy groups -OCH3 is 2. The summed E-state index contributed by atoms with van der Waals surface area (Å²) in [6, 6.07) is 11.2. The Kier molecular flexibility index (Phi) is 5.25. The van der Waals surface area contributed by atoms with Crippen LogP contribution in [0.15, 0.2) is 36.4 Å². The van der Waals surface area contributed by atoms with E-state index in [-0.39, 0.29) is 12.7 Å². The molecule has 0 saturated carbocycles. The van der Waals surface area contributed by atoms with Gasteiger partial charge in [-0.3, -0.25) is 9.69 Å². The van der Waals surface area contributed by atoms with Gasteiger partial charge in [-0.1, -0.05) is 12.1 Å². The van der Waals surface area contributed by atoms with Gasteiger partial charge >= 0.3 is 0 Å². The van der Waals surface area contributed by atoms with Crippen molar-refractivity contribution in [1.29, 1.82) is 0 Å². The SMILES string of the molecule is COc1ccc(C(=O)N2CCN(Cc3cccc4c3OCO4)CC2)c(OC)c1. The Morgan fingerprint density at radius 1 is 1.04 bits per heavy atom. The van der Waals surface area contributed by atoms with E-state index in [1.165, 1.54) is 0 Å². The van der Waals surface area contributed by atoms with Crippen LogP contribution in [0.2, 0.25) is 0 Å². The lowest BCUT2D eigenvalue weighted by molar-refractivity contribution is 0.0623. The Morgan fingerprint density at radius 2 is 1.86 bits per heavy atom. The number of benzene rings is 2. The molecule has 0 N–H and O–H groups in total. The first-order valence-electron chi connectivity index (χ1n) is 9.30. The van der Waals surface area contributed by atoms with Crippen LogP contribution < -0.4 is 18.9 Å². The van der Waals surface area contributed by atoms with E-state index >= 15 is 0 Å². The zero-order valence-corrected chi connectivity index (χ0v) is 16.1. The van der Waals surface area contributed by atoms with E-state index in [0.29, 0.717) is 30.2 Å². The summed E-state index contributed by atoms with van der Waals surface area (Å²) in [4.78, 5) is 17.1. The van der Waals surface area contributed by atoms with Crippen molar-refractivity contribution in [3.8, 4) is 23.0 Å². The molecule has 28 heavy (non-hydrogen) atoms. The fourth-order valence-corrected chi connectivity index (χ4v) is 3.61. The van der Waals surface area contributed by atoms with Gasteiger partial charge in [0.05, 0.1) is 19.8 Å². The van der Waals surface area contributed by atoms with E-state index in [1.807, 2.05) is 17.0 Å². The standard InChI is InChI=1S/C21H24N2O5/c1-25-16-6-7-17(19(12-16)26-2)21(24)23-10-8-22(9-11-23)13-15-4-3-5-18-20(15)28-14-27-18/h3-7,12H,8-11,13-14H2,1-2H3. The molecule has 1 amide bonds. The highest BCUT2D eigenvalue weighted by Crippen LogP contribution is 2.36. The number of para-hydroxylation sites is 1. The number of fused-ring (bicyclic) bond motifs is 1. The van der Waals surface area contributed by atoms with E-state index < -0.39 is 0 Å². The van der Waals surface area contributed by atoms with Gasteiger partial charge in [0.1, 0.15) is 11.5 Å². The van der Waals surface area contributed by atoms with Crippen molar-refractivity contribution in [3.05, 3.63) is 47.5 Å². The highest BCUT2D eigenvalue weighted by molar-refractivity contribution is 5.97. The first-order chi connectivity index (χ1) is 13.7. The normalized spacial score (nSPS) is 16.1. The van der Waals surface area contributed by atoms with Gasteiger partial charge in [0.2, 0.25) is 6.79 Å². The Bertz CT molecular complexity index is 862. The monoisotopic (exact) mass is 384 g/mol. The van der Waals surface area contributed by atoms with Gasteiger partial charge < -0.3 is 23.8 Å². The lowest BCUT2D eigenvalue weighted by Crippen LogP contribution is -2.48. The van der Waals surface area contributed by atoms with Crippen LogP contribution in [0, 0.1) is 0 Å². The van der Waals surface area contributed by atoms with Gasteiger partial charge in [-0.25, -0.2) is 0 Å². The van der Waals surface area contributed by atoms with Gasteiger partial charge in [0, 0.05) is 44.4 Å². The van der Waals surface area contributed by atoms with Gasteiger partial charge in [-0.05, 0) is 18.2 Å². The maximum Gasteiger partial charge on any atom is 0.257 e. The minimum atomic E-state index is -0.0171. The van der Waals surface area contributed by atoms with E-state index in [0.717, 1.165) is 36.7 Å².